The lowest BCUT2D eigenvalue weighted by atomic mass is 10.1. The van der Waals surface area contributed by atoms with Crippen molar-refractivity contribution in [2.75, 3.05) is 10.6 Å². The van der Waals surface area contributed by atoms with Gasteiger partial charge in [-0.05, 0) is 37.1 Å². The summed E-state index contributed by atoms with van der Waals surface area (Å²) in [6.45, 7) is 1.43. The molecule has 1 aliphatic rings. The fourth-order valence-corrected chi connectivity index (χ4v) is 2.83. The minimum Gasteiger partial charge on any atom is -0.387 e. The second kappa shape index (κ2) is 9.48. The summed E-state index contributed by atoms with van der Waals surface area (Å²) < 4.78 is 0. The molecule has 25 heavy (non-hydrogen) atoms. The van der Waals surface area contributed by atoms with Crippen LogP contribution in [0.1, 0.15) is 45.4 Å². The van der Waals surface area contributed by atoms with E-state index < -0.39 is 5.91 Å². The van der Waals surface area contributed by atoms with Gasteiger partial charge in [0.05, 0.1) is 0 Å². The van der Waals surface area contributed by atoms with Gasteiger partial charge in [-0.15, -0.1) is 0 Å². The number of carbonyl (C=O) groups excluding carboxylic acids is 2. The molecule has 0 radical (unpaired) electrons. The van der Waals surface area contributed by atoms with Crippen LogP contribution in [0, 0.1) is 11.3 Å². The Balaban J connectivity index is 1.93. The first-order valence-electron chi connectivity index (χ1n) is 8.64. The minimum absolute atomic E-state index is 0.0511. The molecule has 132 valence electrons. The van der Waals surface area contributed by atoms with Gasteiger partial charge in [0.2, 0.25) is 5.91 Å². The van der Waals surface area contributed by atoms with Gasteiger partial charge >= 0.3 is 0 Å². The van der Waals surface area contributed by atoms with Crippen LogP contribution in [-0.2, 0) is 9.59 Å². The largest absolute Gasteiger partial charge is 0.387 e. The molecule has 0 atom stereocenters. The molecule has 6 nitrogen and oxygen atoms in total. The van der Waals surface area contributed by atoms with Crippen molar-refractivity contribution < 1.29 is 9.59 Å². The summed E-state index contributed by atoms with van der Waals surface area (Å²) in [6, 6.07) is 9.01. The Kier molecular flexibility index (Phi) is 7.02. The minimum atomic E-state index is -0.448. The van der Waals surface area contributed by atoms with Crippen LogP contribution in [0.3, 0.4) is 0 Å². The maximum Gasteiger partial charge on any atom is 0.267 e. The average Bonchev–Trinajstić information content (AvgIpc) is 2.85. The number of anilines is 2. The lowest BCUT2D eigenvalue weighted by Crippen LogP contribution is -2.25. The van der Waals surface area contributed by atoms with E-state index in [2.05, 4.69) is 16.0 Å². The first-order valence-corrected chi connectivity index (χ1v) is 8.64. The van der Waals surface area contributed by atoms with Gasteiger partial charge in [0.15, 0.2) is 0 Å². The molecular weight excluding hydrogens is 316 g/mol. The second-order valence-electron chi connectivity index (χ2n) is 6.24. The smallest absolute Gasteiger partial charge is 0.267 e. The van der Waals surface area contributed by atoms with Gasteiger partial charge in [0.1, 0.15) is 11.6 Å². The predicted octanol–water partition coefficient (Wildman–Crippen LogP) is 3.30. The Bertz CT molecular complexity index is 666. The van der Waals surface area contributed by atoms with E-state index in [0.29, 0.717) is 17.4 Å². The zero-order chi connectivity index (χ0) is 18.1. The van der Waals surface area contributed by atoms with Gasteiger partial charge in [-0.1, -0.05) is 25.7 Å². The van der Waals surface area contributed by atoms with Gasteiger partial charge < -0.3 is 16.0 Å². The topological polar surface area (TPSA) is 94.0 Å². The molecule has 1 saturated carbocycles. The van der Waals surface area contributed by atoms with E-state index in [1.54, 1.807) is 24.3 Å². The van der Waals surface area contributed by atoms with Crippen LogP contribution < -0.4 is 16.0 Å². The molecule has 0 saturated heterocycles. The number of amides is 2. The number of nitrogens with one attached hydrogen (secondary N) is 3. The fraction of sp³-hybridized carbons (Fsp3) is 0.421. The Hall–Kier alpha value is -2.81. The third-order valence-corrected chi connectivity index (χ3v) is 4.15. The van der Waals surface area contributed by atoms with Crippen molar-refractivity contribution in [2.45, 2.75) is 51.5 Å². The third kappa shape index (κ3) is 6.30. The zero-order valence-corrected chi connectivity index (χ0v) is 14.5. The van der Waals surface area contributed by atoms with E-state index in [-0.39, 0.29) is 11.5 Å². The number of hydrogen-bond donors (Lipinski definition) is 3. The third-order valence-electron chi connectivity index (χ3n) is 4.15. The summed E-state index contributed by atoms with van der Waals surface area (Å²) in [5, 5.41) is 17.8. The summed E-state index contributed by atoms with van der Waals surface area (Å²) in [6.07, 6.45) is 8.53. The Morgan fingerprint density at radius 2 is 1.60 bits per heavy atom. The highest BCUT2D eigenvalue weighted by atomic mass is 16.2. The van der Waals surface area contributed by atoms with E-state index in [9.17, 15) is 14.9 Å². The molecule has 0 unspecified atom stereocenters. The van der Waals surface area contributed by atoms with Crippen LogP contribution >= 0.6 is 0 Å². The normalized spacial score (nSPS) is 15.6. The summed E-state index contributed by atoms with van der Waals surface area (Å²) in [5.74, 6) is -0.605. The highest BCUT2D eigenvalue weighted by molar-refractivity contribution is 6.06. The summed E-state index contributed by atoms with van der Waals surface area (Å²) in [5.41, 5.74) is 1.27. The standard InChI is InChI=1S/C19H24N4O2/c1-14(24)22-17-8-10-18(11-9-17)23-19(25)15(12-20)13-21-16-6-4-2-3-5-7-16/h8-11,13,16,21H,2-7H2,1H3,(H,22,24)(H,23,25)/b15-13-. The summed E-state index contributed by atoms with van der Waals surface area (Å²) >= 11 is 0. The van der Waals surface area contributed by atoms with E-state index in [1.807, 2.05) is 6.07 Å². The fourth-order valence-electron chi connectivity index (χ4n) is 2.83. The molecule has 1 aliphatic carbocycles. The molecule has 0 spiro atoms. The van der Waals surface area contributed by atoms with Crippen molar-refractivity contribution in [3.05, 3.63) is 36.0 Å². The Labute approximate surface area is 148 Å². The second-order valence-corrected chi connectivity index (χ2v) is 6.24. The number of rotatable bonds is 5. The number of carbonyl (C=O) groups is 2. The molecule has 1 fully saturated rings. The number of nitrogens with zero attached hydrogens (tertiary/aromatic N) is 1. The van der Waals surface area contributed by atoms with Crippen LogP contribution in [0.5, 0.6) is 0 Å². The molecule has 6 heteroatoms. The predicted molar refractivity (Wildman–Crippen MR) is 97.7 cm³/mol. The molecule has 1 aromatic rings. The monoisotopic (exact) mass is 340 g/mol. The van der Waals surface area contributed by atoms with Crippen LogP contribution in [0.2, 0.25) is 0 Å². The van der Waals surface area contributed by atoms with Crippen LogP contribution in [-0.4, -0.2) is 17.9 Å². The van der Waals surface area contributed by atoms with Crippen LogP contribution in [0.4, 0.5) is 11.4 Å². The number of nitriles is 1. The van der Waals surface area contributed by atoms with E-state index in [0.717, 1.165) is 12.8 Å². The van der Waals surface area contributed by atoms with Gasteiger partial charge in [0.25, 0.3) is 5.91 Å². The van der Waals surface area contributed by atoms with E-state index in [4.69, 9.17) is 0 Å². The molecule has 3 N–H and O–H groups in total. The lowest BCUT2D eigenvalue weighted by Gasteiger charge is -2.14. The van der Waals surface area contributed by atoms with Crippen molar-refractivity contribution in [2.24, 2.45) is 0 Å². The molecule has 2 amide bonds. The SMILES string of the molecule is CC(=O)Nc1ccc(NC(=O)/C(C#N)=C\NC2CCCCCC2)cc1. The van der Waals surface area contributed by atoms with E-state index in [1.165, 1.54) is 38.8 Å². The van der Waals surface area contributed by atoms with E-state index >= 15 is 0 Å². The highest BCUT2D eigenvalue weighted by Crippen LogP contribution is 2.18. The summed E-state index contributed by atoms with van der Waals surface area (Å²) in [7, 11) is 0. The average molecular weight is 340 g/mol. The first-order chi connectivity index (χ1) is 12.1. The van der Waals surface area contributed by atoms with Gasteiger partial charge in [-0.25, -0.2) is 0 Å². The number of hydrogen-bond acceptors (Lipinski definition) is 4. The van der Waals surface area contributed by atoms with Crippen LogP contribution in [0.25, 0.3) is 0 Å². The van der Waals surface area contributed by atoms with Gasteiger partial charge in [0, 0.05) is 30.5 Å². The number of benzene rings is 1. The Morgan fingerprint density at radius 1 is 1.04 bits per heavy atom. The van der Waals surface area contributed by atoms with Crippen molar-refractivity contribution in [3.63, 3.8) is 0 Å². The molecule has 1 aromatic carbocycles. The highest BCUT2D eigenvalue weighted by Gasteiger charge is 2.13. The maximum atomic E-state index is 12.2. The Morgan fingerprint density at radius 3 is 2.12 bits per heavy atom. The summed E-state index contributed by atoms with van der Waals surface area (Å²) in [4.78, 5) is 23.2. The molecular formula is C19H24N4O2. The van der Waals surface area contributed by atoms with Crippen molar-refractivity contribution >= 4 is 23.2 Å². The quantitative estimate of drug-likeness (QED) is 0.435. The first kappa shape index (κ1) is 18.5. The van der Waals surface area contributed by atoms with Crippen molar-refractivity contribution in [1.29, 1.82) is 5.26 Å². The molecule has 0 aliphatic heterocycles. The lowest BCUT2D eigenvalue weighted by molar-refractivity contribution is -0.114. The van der Waals surface area contributed by atoms with Crippen molar-refractivity contribution in [3.8, 4) is 6.07 Å². The maximum absolute atomic E-state index is 12.2. The molecule has 0 aromatic heterocycles. The zero-order valence-electron chi connectivity index (χ0n) is 14.5. The van der Waals surface area contributed by atoms with Gasteiger partial charge in [-0.2, -0.15) is 5.26 Å². The molecule has 0 heterocycles. The van der Waals surface area contributed by atoms with Crippen molar-refractivity contribution in [1.82, 2.24) is 5.32 Å². The van der Waals surface area contributed by atoms with Crippen LogP contribution in [0.15, 0.2) is 36.0 Å². The molecule has 2 rings (SSSR count). The van der Waals surface area contributed by atoms with Gasteiger partial charge in [-0.3, -0.25) is 9.59 Å². The molecule has 0 bridgehead atoms.